The second kappa shape index (κ2) is 8.78. The smallest absolute Gasteiger partial charge is 0.224 e. The van der Waals surface area contributed by atoms with Gasteiger partial charge in [-0.1, -0.05) is 0 Å². The van der Waals surface area contributed by atoms with Crippen molar-refractivity contribution in [1.29, 1.82) is 0 Å². The fourth-order valence-corrected chi connectivity index (χ4v) is 3.97. The number of aryl methyl sites for hydroxylation is 1. The molecule has 1 amide bonds. The van der Waals surface area contributed by atoms with Crippen molar-refractivity contribution in [3.05, 3.63) is 18.7 Å². The van der Waals surface area contributed by atoms with Crippen LogP contribution in [-0.4, -0.2) is 94.7 Å². The Labute approximate surface area is 150 Å². The van der Waals surface area contributed by atoms with Gasteiger partial charge in [0.2, 0.25) is 5.91 Å². The van der Waals surface area contributed by atoms with Gasteiger partial charge in [-0.05, 0) is 32.5 Å². The number of aromatic nitrogens is 2. The van der Waals surface area contributed by atoms with Gasteiger partial charge in [0.05, 0.1) is 6.33 Å². The van der Waals surface area contributed by atoms with E-state index in [0.717, 1.165) is 39.3 Å². The van der Waals surface area contributed by atoms with E-state index in [0.29, 0.717) is 25.4 Å². The highest BCUT2D eigenvalue weighted by Gasteiger charge is 2.35. The molecule has 0 aromatic carbocycles. The van der Waals surface area contributed by atoms with Crippen LogP contribution in [0.3, 0.4) is 0 Å². The maximum Gasteiger partial charge on any atom is 0.224 e. The molecule has 0 radical (unpaired) electrons. The molecule has 3 heterocycles. The van der Waals surface area contributed by atoms with Gasteiger partial charge in [-0.3, -0.25) is 4.79 Å². The van der Waals surface area contributed by atoms with Gasteiger partial charge in [0.1, 0.15) is 0 Å². The fraction of sp³-hybridized carbons (Fsp3) is 0.778. The van der Waals surface area contributed by atoms with Crippen molar-refractivity contribution in [2.45, 2.75) is 19.4 Å². The van der Waals surface area contributed by atoms with Crippen LogP contribution >= 0.6 is 0 Å². The Morgan fingerprint density at radius 3 is 2.80 bits per heavy atom. The molecular formula is C18H31N5O2. The van der Waals surface area contributed by atoms with Crippen molar-refractivity contribution in [2.24, 2.45) is 11.8 Å². The lowest BCUT2D eigenvalue weighted by atomic mass is 9.96. The molecule has 2 atom stereocenters. The van der Waals surface area contributed by atoms with Crippen molar-refractivity contribution < 1.29 is 9.90 Å². The van der Waals surface area contributed by atoms with Crippen LogP contribution in [0.5, 0.6) is 0 Å². The van der Waals surface area contributed by atoms with Gasteiger partial charge in [0.25, 0.3) is 0 Å². The molecule has 0 bridgehead atoms. The molecule has 1 aromatic rings. The lowest BCUT2D eigenvalue weighted by Gasteiger charge is -2.26. The first-order chi connectivity index (χ1) is 12.2. The number of hydrogen-bond acceptors (Lipinski definition) is 5. The minimum Gasteiger partial charge on any atom is -0.396 e. The van der Waals surface area contributed by atoms with E-state index >= 15 is 0 Å². The Morgan fingerprint density at radius 1 is 1.20 bits per heavy atom. The second-order valence-electron chi connectivity index (χ2n) is 7.51. The molecule has 1 N–H and O–H groups in total. The molecular weight excluding hydrogens is 318 g/mol. The van der Waals surface area contributed by atoms with E-state index in [1.54, 1.807) is 12.5 Å². The molecule has 140 valence electrons. The number of hydrogen-bond donors (Lipinski definition) is 1. The summed E-state index contributed by atoms with van der Waals surface area (Å²) in [4.78, 5) is 23.4. The summed E-state index contributed by atoms with van der Waals surface area (Å²) in [5.41, 5.74) is 0. The molecule has 3 rings (SSSR count). The SMILES string of the molecule is CN1CCCN(CC2CN(C(=O)CCn3ccnc3)CC2CO)CC1. The number of aliphatic hydroxyl groups excluding tert-OH is 1. The van der Waals surface area contributed by atoms with E-state index in [1.165, 1.54) is 6.42 Å². The zero-order valence-corrected chi connectivity index (χ0v) is 15.3. The van der Waals surface area contributed by atoms with Gasteiger partial charge in [-0.2, -0.15) is 0 Å². The number of imidazole rings is 1. The molecule has 2 unspecified atom stereocenters. The van der Waals surface area contributed by atoms with Gasteiger partial charge in [-0.15, -0.1) is 0 Å². The van der Waals surface area contributed by atoms with Crippen molar-refractivity contribution in [2.75, 3.05) is 59.5 Å². The van der Waals surface area contributed by atoms with E-state index in [1.807, 2.05) is 15.7 Å². The topological polar surface area (TPSA) is 64.8 Å². The number of carbonyl (C=O) groups excluding carboxylic acids is 1. The van der Waals surface area contributed by atoms with Crippen molar-refractivity contribution in [1.82, 2.24) is 24.3 Å². The normalized spacial score (nSPS) is 26.1. The lowest BCUT2D eigenvalue weighted by molar-refractivity contribution is -0.130. The summed E-state index contributed by atoms with van der Waals surface area (Å²) in [6.07, 6.45) is 7.05. The Balaban J connectivity index is 1.50. The monoisotopic (exact) mass is 349 g/mol. The third-order valence-electron chi connectivity index (χ3n) is 5.61. The average Bonchev–Trinajstić information content (AvgIpc) is 3.22. The van der Waals surface area contributed by atoms with Gasteiger partial charge >= 0.3 is 0 Å². The number of amides is 1. The quantitative estimate of drug-likeness (QED) is 0.782. The van der Waals surface area contributed by atoms with E-state index in [-0.39, 0.29) is 18.4 Å². The molecule has 25 heavy (non-hydrogen) atoms. The number of nitrogens with zero attached hydrogens (tertiary/aromatic N) is 5. The molecule has 0 spiro atoms. The fourth-order valence-electron chi connectivity index (χ4n) is 3.97. The Hall–Kier alpha value is -1.44. The zero-order chi connectivity index (χ0) is 17.6. The maximum absolute atomic E-state index is 12.5. The summed E-state index contributed by atoms with van der Waals surface area (Å²) >= 11 is 0. The molecule has 2 saturated heterocycles. The third-order valence-corrected chi connectivity index (χ3v) is 5.61. The van der Waals surface area contributed by atoms with Gasteiger partial charge in [0, 0.05) is 70.6 Å². The van der Waals surface area contributed by atoms with Crippen molar-refractivity contribution >= 4 is 5.91 Å². The number of rotatable bonds is 6. The van der Waals surface area contributed by atoms with Crippen molar-refractivity contribution in [3.8, 4) is 0 Å². The van der Waals surface area contributed by atoms with Gasteiger partial charge in [-0.25, -0.2) is 4.98 Å². The van der Waals surface area contributed by atoms with Gasteiger partial charge in [0.15, 0.2) is 0 Å². The summed E-state index contributed by atoms with van der Waals surface area (Å²) < 4.78 is 1.93. The Bertz CT molecular complexity index is 536. The van der Waals surface area contributed by atoms with Crippen LogP contribution in [-0.2, 0) is 11.3 Å². The summed E-state index contributed by atoms with van der Waals surface area (Å²) in [7, 11) is 2.18. The first kappa shape index (κ1) is 18.4. The van der Waals surface area contributed by atoms with Crippen LogP contribution in [0.4, 0.5) is 0 Å². The molecule has 7 heteroatoms. The van der Waals surface area contributed by atoms with Gasteiger partial charge < -0.3 is 24.4 Å². The molecule has 0 aliphatic carbocycles. The number of likely N-dealkylation sites (N-methyl/N-ethyl adjacent to an activating group) is 1. The number of carbonyl (C=O) groups is 1. The van der Waals surface area contributed by atoms with Crippen LogP contribution in [0, 0.1) is 11.8 Å². The van der Waals surface area contributed by atoms with Crippen LogP contribution in [0.15, 0.2) is 18.7 Å². The highest BCUT2D eigenvalue weighted by molar-refractivity contribution is 5.76. The molecule has 0 saturated carbocycles. The number of likely N-dealkylation sites (tertiary alicyclic amines) is 1. The van der Waals surface area contributed by atoms with E-state index in [2.05, 4.69) is 21.8 Å². The first-order valence-electron chi connectivity index (χ1n) is 9.41. The minimum absolute atomic E-state index is 0.170. The molecule has 2 aliphatic rings. The third kappa shape index (κ3) is 5.03. The van der Waals surface area contributed by atoms with Crippen molar-refractivity contribution in [3.63, 3.8) is 0 Å². The van der Waals surface area contributed by atoms with Crippen LogP contribution < -0.4 is 0 Å². The minimum atomic E-state index is 0.170. The predicted molar refractivity (Wildman–Crippen MR) is 96.0 cm³/mol. The lowest BCUT2D eigenvalue weighted by Crippen LogP contribution is -2.36. The van der Waals surface area contributed by atoms with Crippen LogP contribution in [0.2, 0.25) is 0 Å². The zero-order valence-electron chi connectivity index (χ0n) is 15.3. The first-order valence-corrected chi connectivity index (χ1v) is 9.41. The summed E-state index contributed by atoms with van der Waals surface area (Å²) in [5.74, 6) is 0.772. The highest BCUT2D eigenvalue weighted by atomic mass is 16.3. The Morgan fingerprint density at radius 2 is 2.04 bits per heavy atom. The molecule has 2 aliphatic heterocycles. The van der Waals surface area contributed by atoms with Crippen LogP contribution in [0.25, 0.3) is 0 Å². The summed E-state index contributed by atoms with van der Waals surface area (Å²) in [6.45, 7) is 7.76. The largest absolute Gasteiger partial charge is 0.396 e. The summed E-state index contributed by atoms with van der Waals surface area (Å²) in [5, 5.41) is 9.77. The second-order valence-corrected chi connectivity index (χ2v) is 7.51. The predicted octanol–water partition coefficient (Wildman–Crippen LogP) is -0.0224. The highest BCUT2D eigenvalue weighted by Crippen LogP contribution is 2.25. The van der Waals surface area contributed by atoms with E-state index in [9.17, 15) is 9.90 Å². The Kier molecular flexibility index (Phi) is 6.45. The summed E-state index contributed by atoms with van der Waals surface area (Å²) in [6, 6.07) is 0. The van der Waals surface area contributed by atoms with E-state index in [4.69, 9.17) is 0 Å². The average molecular weight is 349 g/mol. The molecule has 7 nitrogen and oxygen atoms in total. The molecule has 1 aromatic heterocycles. The molecule has 2 fully saturated rings. The van der Waals surface area contributed by atoms with Crippen LogP contribution in [0.1, 0.15) is 12.8 Å². The standard InChI is InChI=1S/C18H31N5O2/c1-20-5-2-6-21(10-9-20)11-16-12-23(13-17(16)14-24)18(25)3-7-22-8-4-19-15-22/h4,8,15-17,24H,2-3,5-7,9-14H2,1H3. The number of aliphatic hydroxyl groups is 1. The maximum atomic E-state index is 12.5. The van der Waals surface area contributed by atoms with E-state index < -0.39 is 0 Å².